The number of carbonyl (C=O) groups is 1. The summed E-state index contributed by atoms with van der Waals surface area (Å²) >= 11 is 1.14. The van der Waals surface area contributed by atoms with Gasteiger partial charge < -0.3 is 15.0 Å². The Balaban J connectivity index is 1.89. The van der Waals surface area contributed by atoms with Gasteiger partial charge in [0.05, 0.1) is 0 Å². The first-order valence-electron chi connectivity index (χ1n) is 8.72. The number of nitrogens with two attached hydrogens (primary N) is 1. The van der Waals surface area contributed by atoms with Crippen LogP contribution in [0.1, 0.15) is 47.5 Å². The first kappa shape index (κ1) is 19.8. The summed E-state index contributed by atoms with van der Waals surface area (Å²) < 4.78 is 5.55. The minimum atomic E-state index is -0.468. The van der Waals surface area contributed by atoms with Gasteiger partial charge in [0.2, 0.25) is 0 Å². The summed E-state index contributed by atoms with van der Waals surface area (Å²) in [7, 11) is 0. The molecule has 1 aromatic heterocycles. The van der Waals surface area contributed by atoms with E-state index in [1.807, 2.05) is 43.9 Å². The highest BCUT2D eigenvalue weighted by Crippen LogP contribution is 2.37. The third-order valence-electron chi connectivity index (χ3n) is 4.65. The van der Waals surface area contributed by atoms with Crippen molar-refractivity contribution in [1.82, 2.24) is 9.88 Å². The van der Waals surface area contributed by atoms with Gasteiger partial charge in [-0.15, -0.1) is 0 Å². The maximum Gasteiger partial charge on any atom is 0.410 e. The van der Waals surface area contributed by atoms with E-state index in [-0.39, 0.29) is 11.6 Å². The molecule has 0 aliphatic carbocycles. The molecule has 1 unspecified atom stereocenters. The molecule has 140 valence electrons. The molecule has 2 heterocycles. The zero-order valence-electron chi connectivity index (χ0n) is 15.8. The normalized spacial score (nSPS) is 19.8. The molecule has 1 aliphatic rings. The highest BCUT2D eigenvalue weighted by atomic mass is 32.2. The summed E-state index contributed by atoms with van der Waals surface area (Å²) in [4.78, 5) is 18.7. The van der Waals surface area contributed by atoms with E-state index in [1.54, 1.807) is 0 Å². The van der Waals surface area contributed by atoms with Gasteiger partial charge in [-0.2, -0.15) is 0 Å². The number of rotatable bonds is 5. The molecule has 1 aromatic rings. The minimum Gasteiger partial charge on any atom is -0.444 e. The largest absolute Gasteiger partial charge is 0.444 e. The Morgan fingerprint density at radius 3 is 2.84 bits per heavy atom. The smallest absolute Gasteiger partial charge is 0.410 e. The van der Waals surface area contributed by atoms with Crippen molar-refractivity contribution >= 4 is 23.9 Å². The van der Waals surface area contributed by atoms with Gasteiger partial charge in [-0.05, 0) is 77.5 Å². The Morgan fingerprint density at radius 2 is 2.20 bits per heavy atom. The van der Waals surface area contributed by atoms with Crippen molar-refractivity contribution in [3.05, 3.63) is 18.2 Å². The molecule has 1 atom stereocenters. The fraction of sp³-hybridized carbons (Fsp3) is 0.667. The molecule has 7 heteroatoms. The van der Waals surface area contributed by atoms with Crippen LogP contribution >= 0.6 is 11.9 Å². The Morgan fingerprint density at radius 1 is 1.48 bits per heavy atom. The summed E-state index contributed by atoms with van der Waals surface area (Å²) in [6, 6.07) is 5.76. The molecule has 2 rings (SSSR count). The van der Waals surface area contributed by atoms with E-state index in [1.165, 1.54) is 0 Å². The van der Waals surface area contributed by atoms with Crippen molar-refractivity contribution in [3.63, 3.8) is 0 Å². The number of nitrogens with one attached hydrogen (secondary N) is 1. The van der Waals surface area contributed by atoms with Crippen molar-refractivity contribution in [1.29, 1.82) is 0 Å². The molecule has 0 radical (unpaired) electrons. The van der Waals surface area contributed by atoms with Crippen molar-refractivity contribution in [2.24, 2.45) is 11.1 Å². The average molecular weight is 367 g/mol. The number of pyridine rings is 1. The number of carbonyl (C=O) groups excluding carboxylic acids is 1. The SMILES string of the molecule is CC(C)(C)OC(=O)N1CCC(CCNc2cccc(SN)n2)C1(C)C. The molecule has 1 aliphatic heterocycles. The molecule has 6 nitrogen and oxygen atoms in total. The second-order valence-electron chi connectivity index (χ2n) is 7.97. The monoisotopic (exact) mass is 366 g/mol. The standard InChI is InChI=1S/C18H30N4O2S/c1-17(2,3)24-16(23)22-12-10-13(18(22,4)5)9-11-20-14-7-6-8-15(21-14)25-19/h6-8,13H,9-12,19H2,1-5H3,(H,20,21). The molecule has 0 spiro atoms. The number of likely N-dealkylation sites (tertiary alicyclic amines) is 1. The molecular weight excluding hydrogens is 336 g/mol. The third-order valence-corrected chi connectivity index (χ3v) is 5.12. The van der Waals surface area contributed by atoms with Crippen LogP contribution in [0.25, 0.3) is 0 Å². The van der Waals surface area contributed by atoms with Gasteiger partial charge in [-0.25, -0.2) is 9.78 Å². The lowest BCUT2D eigenvalue weighted by Gasteiger charge is -2.37. The third kappa shape index (κ3) is 5.25. The number of aromatic nitrogens is 1. The van der Waals surface area contributed by atoms with Crippen molar-refractivity contribution in [3.8, 4) is 0 Å². The second-order valence-corrected chi connectivity index (χ2v) is 8.62. The molecule has 0 saturated carbocycles. The van der Waals surface area contributed by atoms with E-state index in [2.05, 4.69) is 24.1 Å². The highest BCUT2D eigenvalue weighted by molar-refractivity contribution is 7.97. The summed E-state index contributed by atoms with van der Waals surface area (Å²) in [5, 5.41) is 9.69. The fourth-order valence-electron chi connectivity index (χ4n) is 3.24. The predicted octanol–water partition coefficient (Wildman–Crippen LogP) is 3.89. The van der Waals surface area contributed by atoms with Crippen LogP contribution < -0.4 is 10.5 Å². The fourth-order valence-corrected chi connectivity index (χ4v) is 3.55. The van der Waals surface area contributed by atoms with E-state index in [0.717, 1.165) is 48.7 Å². The summed E-state index contributed by atoms with van der Waals surface area (Å²) in [5.41, 5.74) is -0.684. The Kier molecular flexibility index (Phi) is 6.21. The van der Waals surface area contributed by atoms with Gasteiger partial charge in [-0.3, -0.25) is 5.14 Å². The van der Waals surface area contributed by atoms with E-state index < -0.39 is 5.60 Å². The van der Waals surface area contributed by atoms with Crippen LogP contribution in [-0.4, -0.2) is 40.2 Å². The van der Waals surface area contributed by atoms with Crippen molar-refractivity contribution in [2.45, 2.75) is 63.6 Å². The van der Waals surface area contributed by atoms with Crippen LogP contribution in [0.2, 0.25) is 0 Å². The number of hydrogen-bond donors (Lipinski definition) is 2. The predicted molar refractivity (Wildman–Crippen MR) is 103 cm³/mol. The zero-order chi connectivity index (χ0) is 18.7. The average Bonchev–Trinajstić information content (AvgIpc) is 2.81. The Bertz CT molecular complexity index is 601. The molecule has 0 aromatic carbocycles. The number of ether oxygens (including phenoxy) is 1. The molecule has 1 fully saturated rings. The Hall–Kier alpha value is -1.47. The van der Waals surface area contributed by atoms with Gasteiger partial charge >= 0.3 is 6.09 Å². The molecule has 25 heavy (non-hydrogen) atoms. The topological polar surface area (TPSA) is 80.5 Å². The van der Waals surface area contributed by atoms with Crippen molar-refractivity contribution < 1.29 is 9.53 Å². The van der Waals surface area contributed by atoms with Crippen LogP contribution in [0, 0.1) is 5.92 Å². The Labute approximate surface area is 155 Å². The van der Waals surface area contributed by atoms with Gasteiger partial charge in [0, 0.05) is 18.6 Å². The maximum atomic E-state index is 12.5. The van der Waals surface area contributed by atoms with E-state index >= 15 is 0 Å². The van der Waals surface area contributed by atoms with Crippen LogP contribution in [0.5, 0.6) is 0 Å². The van der Waals surface area contributed by atoms with Crippen LogP contribution in [0.4, 0.5) is 10.6 Å². The lowest BCUT2D eigenvalue weighted by Crippen LogP contribution is -2.48. The van der Waals surface area contributed by atoms with Gasteiger partial charge in [0.1, 0.15) is 16.4 Å². The maximum absolute atomic E-state index is 12.5. The highest BCUT2D eigenvalue weighted by Gasteiger charge is 2.44. The van der Waals surface area contributed by atoms with E-state index in [0.29, 0.717) is 5.92 Å². The number of anilines is 1. The van der Waals surface area contributed by atoms with Gasteiger partial charge in [-0.1, -0.05) is 6.07 Å². The lowest BCUT2D eigenvalue weighted by atomic mass is 9.86. The van der Waals surface area contributed by atoms with E-state index in [9.17, 15) is 4.79 Å². The van der Waals surface area contributed by atoms with Gasteiger partial charge in [0.25, 0.3) is 0 Å². The summed E-state index contributed by atoms with van der Waals surface area (Å²) in [6.07, 6.45) is 1.73. The zero-order valence-corrected chi connectivity index (χ0v) is 16.7. The second kappa shape index (κ2) is 7.83. The lowest BCUT2D eigenvalue weighted by molar-refractivity contribution is 0.00875. The van der Waals surface area contributed by atoms with Crippen LogP contribution in [-0.2, 0) is 4.74 Å². The van der Waals surface area contributed by atoms with E-state index in [4.69, 9.17) is 9.88 Å². The number of nitrogens with zero attached hydrogens (tertiary/aromatic N) is 2. The molecular formula is C18H30N4O2S. The molecule has 1 saturated heterocycles. The number of amides is 1. The summed E-state index contributed by atoms with van der Waals surface area (Å²) in [6.45, 7) is 11.5. The molecule has 1 amide bonds. The molecule has 0 bridgehead atoms. The molecule has 3 N–H and O–H groups in total. The van der Waals surface area contributed by atoms with Crippen LogP contribution in [0.15, 0.2) is 23.2 Å². The van der Waals surface area contributed by atoms with Crippen molar-refractivity contribution in [2.75, 3.05) is 18.4 Å². The summed E-state index contributed by atoms with van der Waals surface area (Å²) in [5.74, 6) is 1.25. The quantitative estimate of drug-likeness (QED) is 0.770. The first-order valence-corrected chi connectivity index (χ1v) is 9.60. The van der Waals surface area contributed by atoms with Gasteiger partial charge in [0.15, 0.2) is 0 Å². The minimum absolute atomic E-state index is 0.216. The first-order chi connectivity index (χ1) is 11.6. The number of hydrogen-bond acceptors (Lipinski definition) is 6. The van der Waals surface area contributed by atoms with Crippen LogP contribution in [0.3, 0.4) is 0 Å².